The Balaban J connectivity index is 1.78. The van der Waals surface area contributed by atoms with Gasteiger partial charge in [-0.25, -0.2) is 4.98 Å². The average Bonchev–Trinajstić information content (AvgIpc) is 3.24. The van der Waals surface area contributed by atoms with Crippen LogP contribution in [0.4, 0.5) is 5.82 Å². The number of rotatable bonds is 3. The molecule has 1 unspecified atom stereocenters. The summed E-state index contributed by atoms with van der Waals surface area (Å²) in [6.45, 7) is 2.08. The Morgan fingerprint density at radius 2 is 1.96 bits per heavy atom. The number of hydrogen-bond donors (Lipinski definition) is 0. The highest BCUT2D eigenvalue weighted by Gasteiger charge is 2.26. The number of nitrogens with zero attached hydrogens (tertiary/aromatic N) is 5. The fraction of sp³-hybridized carbons (Fsp3) is 0.333. The molecule has 118 valence electrons. The molecule has 1 aliphatic rings. The van der Waals surface area contributed by atoms with E-state index in [2.05, 4.69) is 59.3 Å². The smallest absolute Gasteiger partial charge is 0.157 e. The Morgan fingerprint density at radius 3 is 2.70 bits per heavy atom. The first-order valence-electron chi connectivity index (χ1n) is 8.04. The highest BCUT2D eigenvalue weighted by molar-refractivity contribution is 5.67. The maximum absolute atomic E-state index is 4.76. The lowest BCUT2D eigenvalue weighted by Gasteiger charge is -2.22. The molecular formula is C18H21N5. The van der Waals surface area contributed by atoms with E-state index >= 15 is 0 Å². The second kappa shape index (κ2) is 5.66. The first-order chi connectivity index (χ1) is 11.2. The van der Waals surface area contributed by atoms with Gasteiger partial charge < -0.3 is 9.80 Å². The predicted octanol–water partition coefficient (Wildman–Crippen LogP) is 2.54. The Kier molecular flexibility index (Phi) is 3.50. The van der Waals surface area contributed by atoms with Crippen molar-refractivity contribution in [3.05, 3.63) is 48.7 Å². The van der Waals surface area contributed by atoms with Gasteiger partial charge in [0.2, 0.25) is 0 Å². The van der Waals surface area contributed by atoms with E-state index in [0.717, 1.165) is 35.8 Å². The summed E-state index contributed by atoms with van der Waals surface area (Å²) in [5.74, 6) is 1.13. The first-order valence-corrected chi connectivity index (χ1v) is 8.04. The molecule has 23 heavy (non-hydrogen) atoms. The highest BCUT2D eigenvalue weighted by Crippen LogP contribution is 2.27. The SMILES string of the molecule is CN(C)C1CCN(c2cc(-c3ccccc3)nc3ccnn23)C1. The second-order valence-corrected chi connectivity index (χ2v) is 6.32. The fourth-order valence-electron chi connectivity index (χ4n) is 3.25. The van der Waals surface area contributed by atoms with Crippen LogP contribution < -0.4 is 4.90 Å². The molecule has 2 aromatic heterocycles. The van der Waals surface area contributed by atoms with E-state index in [0.29, 0.717) is 6.04 Å². The van der Waals surface area contributed by atoms with Crippen molar-refractivity contribution in [2.24, 2.45) is 0 Å². The molecule has 0 N–H and O–H groups in total. The minimum absolute atomic E-state index is 0.592. The van der Waals surface area contributed by atoms with Gasteiger partial charge in [0.1, 0.15) is 5.82 Å². The minimum Gasteiger partial charge on any atom is -0.355 e. The normalized spacial score (nSPS) is 18.2. The Hall–Kier alpha value is -2.40. The van der Waals surface area contributed by atoms with Gasteiger partial charge in [-0.3, -0.25) is 0 Å². The standard InChI is InChI=1S/C18H21N5/c1-21(2)15-9-11-22(13-15)18-12-16(14-6-4-3-5-7-14)20-17-8-10-19-23(17)18/h3-8,10,12,15H,9,11,13H2,1-2H3. The number of likely N-dealkylation sites (N-methyl/N-ethyl adjacent to an activating group) is 1. The van der Waals surface area contributed by atoms with Gasteiger partial charge in [-0.05, 0) is 20.5 Å². The molecule has 3 heterocycles. The van der Waals surface area contributed by atoms with E-state index in [1.54, 1.807) is 0 Å². The van der Waals surface area contributed by atoms with Crippen LogP contribution in [0.5, 0.6) is 0 Å². The minimum atomic E-state index is 0.592. The molecule has 0 spiro atoms. The van der Waals surface area contributed by atoms with Crippen molar-refractivity contribution in [3.63, 3.8) is 0 Å². The van der Waals surface area contributed by atoms with Crippen LogP contribution >= 0.6 is 0 Å². The monoisotopic (exact) mass is 307 g/mol. The fourth-order valence-corrected chi connectivity index (χ4v) is 3.25. The van der Waals surface area contributed by atoms with Crippen LogP contribution in [-0.4, -0.2) is 52.7 Å². The molecule has 0 bridgehead atoms. The largest absolute Gasteiger partial charge is 0.355 e. The number of aromatic nitrogens is 3. The molecule has 1 fully saturated rings. The quantitative estimate of drug-likeness (QED) is 0.745. The molecule has 5 heteroatoms. The van der Waals surface area contributed by atoms with Gasteiger partial charge in [0, 0.05) is 36.8 Å². The van der Waals surface area contributed by atoms with E-state index in [4.69, 9.17) is 4.98 Å². The zero-order chi connectivity index (χ0) is 15.8. The van der Waals surface area contributed by atoms with Crippen molar-refractivity contribution in [2.45, 2.75) is 12.5 Å². The summed E-state index contributed by atoms with van der Waals surface area (Å²) in [4.78, 5) is 9.48. The van der Waals surface area contributed by atoms with E-state index in [1.165, 1.54) is 6.42 Å². The van der Waals surface area contributed by atoms with Crippen molar-refractivity contribution < 1.29 is 0 Å². The van der Waals surface area contributed by atoms with Gasteiger partial charge in [-0.15, -0.1) is 0 Å². The second-order valence-electron chi connectivity index (χ2n) is 6.32. The third kappa shape index (κ3) is 2.57. The summed E-state index contributed by atoms with van der Waals surface area (Å²) in [5, 5.41) is 4.47. The Bertz CT molecular complexity index is 809. The Labute approximate surface area is 136 Å². The third-order valence-electron chi connectivity index (χ3n) is 4.63. The van der Waals surface area contributed by atoms with Crippen LogP contribution in [0, 0.1) is 0 Å². The molecule has 3 aromatic rings. The molecule has 5 nitrogen and oxygen atoms in total. The summed E-state index contributed by atoms with van der Waals surface area (Å²) in [5.41, 5.74) is 3.04. The number of hydrogen-bond acceptors (Lipinski definition) is 4. The maximum atomic E-state index is 4.76. The van der Waals surface area contributed by atoms with E-state index in [1.807, 2.05) is 22.8 Å². The van der Waals surface area contributed by atoms with Gasteiger partial charge in [-0.2, -0.15) is 9.61 Å². The molecule has 4 rings (SSSR count). The number of benzene rings is 1. The highest BCUT2D eigenvalue weighted by atomic mass is 15.4. The molecule has 0 aliphatic carbocycles. The van der Waals surface area contributed by atoms with Crippen LogP contribution in [0.25, 0.3) is 16.9 Å². The molecule has 0 radical (unpaired) electrons. The van der Waals surface area contributed by atoms with E-state index < -0.39 is 0 Å². The molecule has 1 saturated heterocycles. The molecule has 1 atom stereocenters. The predicted molar refractivity (Wildman–Crippen MR) is 92.7 cm³/mol. The van der Waals surface area contributed by atoms with Crippen LogP contribution in [0.2, 0.25) is 0 Å². The summed E-state index contributed by atoms with van der Waals surface area (Å²) >= 11 is 0. The van der Waals surface area contributed by atoms with E-state index in [-0.39, 0.29) is 0 Å². The molecule has 0 amide bonds. The van der Waals surface area contributed by atoms with Crippen molar-refractivity contribution >= 4 is 11.5 Å². The van der Waals surface area contributed by atoms with Crippen molar-refractivity contribution in [2.75, 3.05) is 32.1 Å². The van der Waals surface area contributed by atoms with Crippen molar-refractivity contribution in [1.29, 1.82) is 0 Å². The maximum Gasteiger partial charge on any atom is 0.157 e. The van der Waals surface area contributed by atoms with Gasteiger partial charge in [0.25, 0.3) is 0 Å². The van der Waals surface area contributed by atoms with Crippen LogP contribution in [0.15, 0.2) is 48.7 Å². The van der Waals surface area contributed by atoms with Gasteiger partial charge in [0.05, 0.1) is 11.9 Å². The van der Waals surface area contributed by atoms with Crippen LogP contribution in [-0.2, 0) is 0 Å². The van der Waals surface area contributed by atoms with Crippen molar-refractivity contribution in [1.82, 2.24) is 19.5 Å². The zero-order valence-corrected chi connectivity index (χ0v) is 13.6. The lowest BCUT2D eigenvalue weighted by atomic mass is 10.1. The lowest BCUT2D eigenvalue weighted by molar-refractivity contribution is 0.315. The Morgan fingerprint density at radius 1 is 1.13 bits per heavy atom. The van der Waals surface area contributed by atoms with Crippen LogP contribution in [0.1, 0.15) is 6.42 Å². The van der Waals surface area contributed by atoms with E-state index in [9.17, 15) is 0 Å². The molecule has 1 aliphatic heterocycles. The van der Waals surface area contributed by atoms with Gasteiger partial charge in [-0.1, -0.05) is 30.3 Å². The summed E-state index contributed by atoms with van der Waals surface area (Å²) in [6, 6.07) is 15.1. The molecule has 1 aromatic carbocycles. The summed E-state index contributed by atoms with van der Waals surface area (Å²) < 4.78 is 1.95. The molecular weight excluding hydrogens is 286 g/mol. The number of anilines is 1. The topological polar surface area (TPSA) is 36.7 Å². The third-order valence-corrected chi connectivity index (χ3v) is 4.63. The first kappa shape index (κ1) is 14.2. The summed E-state index contributed by atoms with van der Waals surface area (Å²) in [6.07, 6.45) is 3.00. The summed E-state index contributed by atoms with van der Waals surface area (Å²) in [7, 11) is 4.30. The van der Waals surface area contributed by atoms with Gasteiger partial charge in [0.15, 0.2) is 5.65 Å². The number of fused-ring (bicyclic) bond motifs is 1. The molecule has 0 saturated carbocycles. The van der Waals surface area contributed by atoms with Crippen LogP contribution in [0.3, 0.4) is 0 Å². The average molecular weight is 307 g/mol. The van der Waals surface area contributed by atoms with Crippen molar-refractivity contribution in [3.8, 4) is 11.3 Å². The lowest BCUT2D eigenvalue weighted by Crippen LogP contribution is -2.32. The van der Waals surface area contributed by atoms with Gasteiger partial charge >= 0.3 is 0 Å². The zero-order valence-electron chi connectivity index (χ0n) is 13.6.